The van der Waals surface area contributed by atoms with E-state index in [1.807, 2.05) is 0 Å². The smallest absolute Gasteiger partial charge is 0.194 e. The number of methoxy groups -OCH3 is 2. The molecule has 26 heavy (non-hydrogen) atoms. The molecule has 0 aromatic carbocycles. The molecule has 0 radical (unpaired) electrons. The van der Waals surface area contributed by atoms with E-state index in [1.165, 1.54) is 0 Å². The third-order valence-corrected chi connectivity index (χ3v) is 4.46. The van der Waals surface area contributed by atoms with Crippen LogP contribution >= 0.6 is 0 Å². The van der Waals surface area contributed by atoms with Crippen LogP contribution in [0.5, 0.6) is 0 Å². The maximum atomic E-state index is 12.3. The van der Waals surface area contributed by atoms with Gasteiger partial charge in [-0.2, -0.15) is 0 Å². The summed E-state index contributed by atoms with van der Waals surface area (Å²) in [5.41, 5.74) is -9.45. The predicted octanol–water partition coefficient (Wildman–Crippen LogP) is -2.44. The number of ketones is 4. The first-order valence-corrected chi connectivity index (χ1v) is 7.59. The zero-order valence-electron chi connectivity index (χ0n) is 15.6. The lowest BCUT2D eigenvalue weighted by Gasteiger charge is -2.49. The maximum Gasteiger partial charge on any atom is 0.194 e. The molecule has 0 rings (SSSR count). The van der Waals surface area contributed by atoms with Crippen molar-refractivity contribution in [2.45, 2.75) is 56.7 Å². The molecule has 0 heterocycles. The molecule has 0 amide bonds. The Kier molecular flexibility index (Phi) is 7.92. The van der Waals surface area contributed by atoms with E-state index in [4.69, 9.17) is 9.47 Å². The van der Waals surface area contributed by atoms with Gasteiger partial charge in [0.15, 0.2) is 46.0 Å². The lowest BCUT2D eigenvalue weighted by atomic mass is 9.65. The average molecular weight is 378 g/mol. The molecule has 10 heteroatoms. The zero-order chi connectivity index (χ0) is 21.1. The van der Waals surface area contributed by atoms with Crippen LogP contribution in [-0.4, -0.2) is 93.4 Å². The summed E-state index contributed by atoms with van der Waals surface area (Å²) < 4.78 is 9.66. The molecule has 150 valence electrons. The van der Waals surface area contributed by atoms with Gasteiger partial charge < -0.3 is 29.9 Å². The third-order valence-electron chi connectivity index (χ3n) is 4.46. The minimum absolute atomic E-state index is 0.718. The van der Waals surface area contributed by atoms with Crippen LogP contribution in [0.4, 0.5) is 0 Å². The highest BCUT2D eigenvalue weighted by molar-refractivity contribution is 6.03. The number of hydrogen-bond acceptors (Lipinski definition) is 10. The highest BCUT2D eigenvalue weighted by atomic mass is 16.5. The number of ether oxygens (including phenoxy) is 2. The molecule has 0 aliphatic heterocycles. The van der Waals surface area contributed by atoms with Crippen LogP contribution < -0.4 is 0 Å². The first-order chi connectivity index (χ1) is 11.7. The Bertz CT molecular complexity index is 588. The van der Waals surface area contributed by atoms with E-state index in [1.54, 1.807) is 0 Å². The molecule has 0 saturated carbocycles. The van der Waals surface area contributed by atoms with E-state index < -0.39 is 58.8 Å². The standard InChI is InChI=1S/C16H26O10/c1-8(17)12(21)15(23,10(3)19)16(24,11(4)20)13(26-6)14(22,7-25-5)9(2)18/h12-13,21-24H,7H2,1-6H3/t12?,13-,14-,15-,16-/m0/s1. The Morgan fingerprint density at radius 1 is 0.846 bits per heavy atom. The second kappa shape index (κ2) is 8.42. The molecule has 0 aliphatic carbocycles. The van der Waals surface area contributed by atoms with E-state index in [-0.39, 0.29) is 0 Å². The number of aliphatic hydroxyl groups is 4. The van der Waals surface area contributed by atoms with E-state index >= 15 is 0 Å². The predicted molar refractivity (Wildman–Crippen MR) is 86.3 cm³/mol. The van der Waals surface area contributed by atoms with Gasteiger partial charge in [0.25, 0.3) is 0 Å². The molecule has 0 aliphatic rings. The molecular weight excluding hydrogens is 352 g/mol. The van der Waals surface area contributed by atoms with Crippen molar-refractivity contribution in [2.75, 3.05) is 20.8 Å². The van der Waals surface area contributed by atoms with Crippen molar-refractivity contribution in [3.63, 3.8) is 0 Å². The van der Waals surface area contributed by atoms with Crippen molar-refractivity contribution < 1.29 is 49.1 Å². The average Bonchev–Trinajstić information content (AvgIpc) is 2.52. The summed E-state index contributed by atoms with van der Waals surface area (Å²) in [6.45, 7) is 2.39. The van der Waals surface area contributed by atoms with Crippen LogP contribution in [0.25, 0.3) is 0 Å². The summed E-state index contributed by atoms with van der Waals surface area (Å²) in [7, 11) is 2.00. The van der Waals surface area contributed by atoms with Crippen molar-refractivity contribution in [3.05, 3.63) is 0 Å². The highest BCUT2D eigenvalue weighted by Gasteiger charge is 2.70. The third kappa shape index (κ3) is 3.61. The lowest BCUT2D eigenvalue weighted by molar-refractivity contribution is -0.255. The van der Waals surface area contributed by atoms with Crippen molar-refractivity contribution in [1.82, 2.24) is 0 Å². The normalized spacial score (nSPS) is 20.8. The zero-order valence-corrected chi connectivity index (χ0v) is 15.6. The number of hydrogen-bond donors (Lipinski definition) is 4. The van der Waals surface area contributed by atoms with Gasteiger partial charge in [-0.15, -0.1) is 0 Å². The van der Waals surface area contributed by atoms with Crippen LogP contribution in [-0.2, 0) is 28.7 Å². The van der Waals surface area contributed by atoms with Gasteiger partial charge in [0.1, 0.15) is 6.10 Å². The van der Waals surface area contributed by atoms with Gasteiger partial charge in [-0.05, 0) is 27.7 Å². The quantitative estimate of drug-likeness (QED) is 0.303. The van der Waals surface area contributed by atoms with Gasteiger partial charge >= 0.3 is 0 Å². The molecule has 1 unspecified atom stereocenters. The van der Waals surface area contributed by atoms with Crippen LogP contribution in [0.15, 0.2) is 0 Å². The minimum Gasteiger partial charge on any atom is -0.382 e. The van der Waals surface area contributed by atoms with E-state index in [0.29, 0.717) is 0 Å². The highest BCUT2D eigenvalue weighted by Crippen LogP contribution is 2.38. The first kappa shape index (κ1) is 24.4. The van der Waals surface area contributed by atoms with Crippen molar-refractivity contribution in [3.8, 4) is 0 Å². The number of aliphatic hydroxyl groups excluding tert-OH is 1. The summed E-state index contributed by atoms with van der Waals surface area (Å²) in [5, 5.41) is 42.6. The molecule has 0 aromatic rings. The SMILES string of the molecule is COC[C@](O)(C(C)=O)[C@H](OC)[C@@](O)(C(C)=O)[C@](O)(C(C)=O)C(O)C(C)=O. The van der Waals surface area contributed by atoms with Gasteiger partial charge in [-0.25, -0.2) is 0 Å². The Hall–Kier alpha value is -1.56. The fourth-order valence-electron chi connectivity index (χ4n) is 2.91. The molecule has 0 spiro atoms. The van der Waals surface area contributed by atoms with Gasteiger partial charge in [0.05, 0.1) is 6.61 Å². The molecule has 5 atom stereocenters. The monoisotopic (exact) mass is 378 g/mol. The fourth-order valence-corrected chi connectivity index (χ4v) is 2.91. The molecule has 10 nitrogen and oxygen atoms in total. The van der Waals surface area contributed by atoms with Gasteiger partial charge in [-0.3, -0.25) is 19.2 Å². The van der Waals surface area contributed by atoms with Gasteiger partial charge in [-0.1, -0.05) is 0 Å². The van der Waals surface area contributed by atoms with E-state index in [9.17, 15) is 39.6 Å². The van der Waals surface area contributed by atoms with Crippen molar-refractivity contribution in [2.24, 2.45) is 0 Å². The Labute approximate surface area is 150 Å². The van der Waals surface area contributed by atoms with Crippen LogP contribution in [0.3, 0.4) is 0 Å². The molecule has 0 aromatic heterocycles. The first-order valence-electron chi connectivity index (χ1n) is 7.59. The number of carbonyl (C=O) groups is 4. The number of carbonyl (C=O) groups excluding carboxylic acids is 4. The molecular formula is C16H26O10. The number of rotatable bonds is 11. The Morgan fingerprint density at radius 3 is 1.50 bits per heavy atom. The fraction of sp³-hybridized carbons (Fsp3) is 0.750. The topological polar surface area (TPSA) is 168 Å². The summed E-state index contributed by atoms with van der Waals surface area (Å²) in [4.78, 5) is 48.0. The van der Waals surface area contributed by atoms with E-state index in [0.717, 1.165) is 41.9 Å². The van der Waals surface area contributed by atoms with Gasteiger partial charge in [0.2, 0.25) is 0 Å². The summed E-state index contributed by atoms with van der Waals surface area (Å²) in [6.07, 6.45) is -4.79. The van der Waals surface area contributed by atoms with Crippen LogP contribution in [0.1, 0.15) is 27.7 Å². The van der Waals surface area contributed by atoms with Gasteiger partial charge in [0, 0.05) is 14.2 Å². The Morgan fingerprint density at radius 2 is 1.27 bits per heavy atom. The largest absolute Gasteiger partial charge is 0.382 e. The van der Waals surface area contributed by atoms with Crippen molar-refractivity contribution >= 4 is 23.1 Å². The summed E-state index contributed by atoms with van der Waals surface area (Å²) in [6, 6.07) is 0. The number of Topliss-reactive ketones (excluding diaryl/α,β-unsaturated/α-hetero) is 4. The minimum atomic E-state index is -3.40. The molecule has 0 saturated heterocycles. The summed E-state index contributed by atoms with van der Waals surface area (Å²) in [5.74, 6) is -4.86. The van der Waals surface area contributed by atoms with Crippen LogP contribution in [0.2, 0.25) is 0 Å². The maximum absolute atomic E-state index is 12.3. The molecule has 0 bridgehead atoms. The second-order valence-corrected chi connectivity index (χ2v) is 6.19. The second-order valence-electron chi connectivity index (χ2n) is 6.19. The molecule has 4 N–H and O–H groups in total. The van der Waals surface area contributed by atoms with Crippen LogP contribution in [0, 0.1) is 0 Å². The lowest BCUT2D eigenvalue weighted by Crippen LogP contribution is -2.79. The van der Waals surface area contributed by atoms with E-state index in [2.05, 4.69) is 0 Å². The van der Waals surface area contributed by atoms with Crippen molar-refractivity contribution in [1.29, 1.82) is 0 Å². The molecule has 0 fully saturated rings. The Balaban J connectivity index is 6.95. The summed E-state index contributed by atoms with van der Waals surface area (Å²) >= 11 is 0.